The van der Waals surface area contributed by atoms with E-state index >= 15 is 0 Å². The van der Waals surface area contributed by atoms with Crippen molar-refractivity contribution in [1.29, 1.82) is 0 Å². The van der Waals surface area contributed by atoms with E-state index in [9.17, 15) is 9.90 Å². The lowest BCUT2D eigenvalue weighted by Gasteiger charge is -2.33. The Morgan fingerprint density at radius 3 is 2.67 bits per heavy atom. The fraction of sp³-hybridized carbons (Fsp3) is 0.643. The van der Waals surface area contributed by atoms with Crippen molar-refractivity contribution >= 4 is 11.9 Å². The average molecular weight is 295 g/mol. The van der Waals surface area contributed by atoms with Crippen LogP contribution >= 0.6 is 0 Å². The van der Waals surface area contributed by atoms with Crippen LogP contribution in [0.5, 0.6) is 5.88 Å². The predicted molar refractivity (Wildman–Crippen MR) is 76.6 cm³/mol. The van der Waals surface area contributed by atoms with E-state index in [4.69, 9.17) is 9.47 Å². The summed E-state index contributed by atoms with van der Waals surface area (Å²) in [5.74, 6) is -0.204. The summed E-state index contributed by atoms with van der Waals surface area (Å²) < 4.78 is 10.8. The van der Waals surface area contributed by atoms with Crippen molar-refractivity contribution in [2.24, 2.45) is 0 Å². The third-order valence-corrected chi connectivity index (χ3v) is 3.29. The molecule has 7 heteroatoms. The molecule has 0 unspecified atom stereocenters. The predicted octanol–water partition coefficient (Wildman–Crippen LogP) is 1.62. The van der Waals surface area contributed by atoms with Crippen molar-refractivity contribution in [1.82, 2.24) is 9.97 Å². The molecule has 7 nitrogen and oxygen atoms in total. The summed E-state index contributed by atoms with van der Waals surface area (Å²) >= 11 is 0. The smallest absolute Gasteiger partial charge is 0.329 e. The number of rotatable bonds is 5. The molecule has 1 aliphatic rings. The molecule has 2 heterocycles. The third kappa shape index (κ3) is 3.81. The van der Waals surface area contributed by atoms with Crippen molar-refractivity contribution in [3.8, 4) is 5.88 Å². The molecule has 0 amide bonds. The second-order valence-electron chi connectivity index (χ2n) is 5.46. The normalized spacial score (nSPS) is 17.5. The SMILES string of the molecule is Cc1cc(OC(C)C)nc(NC2(C(=O)O)CCOCC2)n1. The minimum atomic E-state index is -1.08. The van der Waals surface area contributed by atoms with E-state index in [1.54, 1.807) is 6.07 Å². The van der Waals surface area contributed by atoms with Gasteiger partial charge in [-0.05, 0) is 20.8 Å². The molecule has 116 valence electrons. The molecule has 0 aromatic carbocycles. The molecule has 2 rings (SSSR count). The fourth-order valence-electron chi connectivity index (χ4n) is 2.22. The Labute approximate surface area is 123 Å². The maximum Gasteiger partial charge on any atom is 0.329 e. The number of aliphatic carboxylic acids is 1. The Bertz CT molecular complexity index is 513. The van der Waals surface area contributed by atoms with E-state index in [1.807, 2.05) is 20.8 Å². The highest BCUT2D eigenvalue weighted by molar-refractivity contribution is 5.82. The van der Waals surface area contributed by atoms with Gasteiger partial charge < -0.3 is 19.9 Å². The van der Waals surface area contributed by atoms with Gasteiger partial charge in [0.1, 0.15) is 5.54 Å². The van der Waals surface area contributed by atoms with Gasteiger partial charge in [-0.2, -0.15) is 4.98 Å². The molecule has 0 atom stereocenters. The van der Waals surface area contributed by atoms with Gasteiger partial charge >= 0.3 is 5.97 Å². The summed E-state index contributed by atoms with van der Waals surface area (Å²) in [6, 6.07) is 1.72. The molecule has 0 aliphatic carbocycles. The number of ether oxygens (including phenoxy) is 2. The lowest BCUT2D eigenvalue weighted by molar-refractivity contribution is -0.145. The standard InChI is InChI=1S/C14H21N3O4/c1-9(2)21-11-8-10(3)15-13(16-11)17-14(12(18)19)4-6-20-7-5-14/h8-9H,4-7H2,1-3H3,(H,18,19)(H,15,16,17). The van der Waals surface area contributed by atoms with Crippen LogP contribution in [0.25, 0.3) is 0 Å². The topological polar surface area (TPSA) is 93.6 Å². The molecule has 1 saturated heterocycles. The Balaban J connectivity index is 2.24. The van der Waals surface area contributed by atoms with Crippen LogP contribution in [0, 0.1) is 6.92 Å². The number of hydrogen-bond acceptors (Lipinski definition) is 6. The fourth-order valence-corrected chi connectivity index (χ4v) is 2.22. The lowest BCUT2D eigenvalue weighted by Crippen LogP contribution is -2.50. The zero-order valence-electron chi connectivity index (χ0n) is 12.5. The van der Waals surface area contributed by atoms with E-state index in [0.717, 1.165) is 5.69 Å². The maximum absolute atomic E-state index is 11.6. The summed E-state index contributed by atoms with van der Waals surface area (Å²) in [5.41, 5.74) is -0.364. The van der Waals surface area contributed by atoms with Crippen molar-refractivity contribution in [2.45, 2.75) is 45.3 Å². The highest BCUT2D eigenvalue weighted by Crippen LogP contribution is 2.26. The van der Waals surface area contributed by atoms with Crippen molar-refractivity contribution in [3.05, 3.63) is 11.8 Å². The van der Waals surface area contributed by atoms with Crippen LogP contribution in [-0.2, 0) is 9.53 Å². The number of carboxylic acid groups (broad SMARTS) is 1. The van der Waals surface area contributed by atoms with Crippen LogP contribution in [0.1, 0.15) is 32.4 Å². The van der Waals surface area contributed by atoms with E-state index in [0.29, 0.717) is 31.9 Å². The zero-order valence-corrected chi connectivity index (χ0v) is 12.5. The Morgan fingerprint density at radius 1 is 1.43 bits per heavy atom. The zero-order chi connectivity index (χ0) is 15.5. The molecule has 1 aromatic rings. The molecule has 0 saturated carbocycles. The van der Waals surface area contributed by atoms with Gasteiger partial charge in [0, 0.05) is 37.8 Å². The van der Waals surface area contributed by atoms with Crippen LogP contribution in [0.3, 0.4) is 0 Å². The highest BCUT2D eigenvalue weighted by atomic mass is 16.5. The number of hydrogen-bond donors (Lipinski definition) is 2. The number of carbonyl (C=O) groups is 1. The number of aromatic nitrogens is 2. The Kier molecular flexibility index (Phi) is 4.62. The van der Waals surface area contributed by atoms with Crippen LogP contribution in [0.2, 0.25) is 0 Å². The minimum absolute atomic E-state index is 0.0105. The van der Waals surface area contributed by atoms with Crippen LogP contribution in [-0.4, -0.2) is 45.9 Å². The molecule has 0 spiro atoms. The summed E-state index contributed by atoms with van der Waals surface area (Å²) in [6.45, 7) is 6.43. The molecular formula is C14H21N3O4. The van der Waals surface area contributed by atoms with E-state index in [-0.39, 0.29) is 12.1 Å². The second kappa shape index (κ2) is 6.26. The molecule has 1 aromatic heterocycles. The monoisotopic (exact) mass is 295 g/mol. The minimum Gasteiger partial charge on any atom is -0.480 e. The van der Waals surface area contributed by atoms with Gasteiger partial charge in [0.25, 0.3) is 0 Å². The van der Waals surface area contributed by atoms with E-state index in [2.05, 4.69) is 15.3 Å². The summed E-state index contributed by atoms with van der Waals surface area (Å²) in [6.07, 6.45) is 0.740. The Hall–Kier alpha value is -1.89. The third-order valence-electron chi connectivity index (χ3n) is 3.29. The number of nitrogens with one attached hydrogen (secondary N) is 1. The summed E-state index contributed by atoms with van der Waals surface area (Å²) in [5, 5.41) is 12.5. The maximum atomic E-state index is 11.6. The first-order valence-corrected chi connectivity index (χ1v) is 7.03. The molecular weight excluding hydrogens is 274 g/mol. The number of carboxylic acids is 1. The van der Waals surface area contributed by atoms with Crippen molar-refractivity contribution in [3.63, 3.8) is 0 Å². The lowest BCUT2D eigenvalue weighted by atomic mass is 9.90. The summed E-state index contributed by atoms with van der Waals surface area (Å²) in [4.78, 5) is 20.1. The van der Waals surface area contributed by atoms with Gasteiger partial charge in [-0.3, -0.25) is 0 Å². The molecule has 1 aliphatic heterocycles. The van der Waals surface area contributed by atoms with Crippen LogP contribution < -0.4 is 10.1 Å². The molecule has 0 radical (unpaired) electrons. The largest absolute Gasteiger partial charge is 0.480 e. The van der Waals surface area contributed by atoms with Gasteiger partial charge in [0.2, 0.25) is 11.8 Å². The number of anilines is 1. The second-order valence-corrected chi connectivity index (χ2v) is 5.46. The quantitative estimate of drug-likeness (QED) is 0.852. The molecule has 21 heavy (non-hydrogen) atoms. The van der Waals surface area contributed by atoms with Gasteiger partial charge in [-0.25, -0.2) is 9.78 Å². The van der Waals surface area contributed by atoms with Gasteiger partial charge in [0.15, 0.2) is 0 Å². The van der Waals surface area contributed by atoms with Gasteiger partial charge in [0.05, 0.1) is 6.10 Å². The Morgan fingerprint density at radius 2 is 2.10 bits per heavy atom. The summed E-state index contributed by atoms with van der Waals surface area (Å²) in [7, 11) is 0. The van der Waals surface area contributed by atoms with Crippen LogP contribution in [0.15, 0.2) is 6.07 Å². The highest BCUT2D eigenvalue weighted by Gasteiger charge is 2.41. The van der Waals surface area contributed by atoms with Crippen LogP contribution in [0.4, 0.5) is 5.95 Å². The van der Waals surface area contributed by atoms with Crippen molar-refractivity contribution < 1.29 is 19.4 Å². The van der Waals surface area contributed by atoms with Gasteiger partial charge in [-0.15, -0.1) is 0 Å². The number of aryl methyl sites for hydroxylation is 1. The molecule has 2 N–H and O–H groups in total. The van der Waals surface area contributed by atoms with Crippen molar-refractivity contribution in [2.75, 3.05) is 18.5 Å². The first kappa shape index (κ1) is 15.5. The van der Waals surface area contributed by atoms with E-state index < -0.39 is 11.5 Å². The first-order chi connectivity index (χ1) is 9.91. The average Bonchev–Trinajstić information content (AvgIpc) is 2.37. The van der Waals surface area contributed by atoms with E-state index in [1.165, 1.54) is 0 Å². The number of nitrogens with zero attached hydrogens (tertiary/aromatic N) is 2. The first-order valence-electron chi connectivity index (χ1n) is 7.03. The molecule has 1 fully saturated rings. The van der Waals surface area contributed by atoms with Gasteiger partial charge in [-0.1, -0.05) is 0 Å². The molecule has 0 bridgehead atoms.